The first kappa shape index (κ1) is 13.8. The smallest absolute Gasteiger partial charge is 0.266 e. The molecule has 0 saturated carbocycles. The molecule has 17 heavy (non-hydrogen) atoms. The van der Waals surface area contributed by atoms with Gasteiger partial charge in [0, 0.05) is 12.2 Å². The van der Waals surface area contributed by atoms with E-state index in [1.54, 1.807) is 6.08 Å². The summed E-state index contributed by atoms with van der Waals surface area (Å²) in [7, 11) is 5.80. The van der Waals surface area contributed by atoms with Gasteiger partial charge in [0.15, 0.2) is 0 Å². The van der Waals surface area contributed by atoms with Crippen molar-refractivity contribution >= 4 is 0 Å². The lowest BCUT2D eigenvalue weighted by Gasteiger charge is -2.37. The molecular weight excluding hydrogens is 220 g/mol. The van der Waals surface area contributed by atoms with Crippen LogP contribution in [-0.2, 0) is 0 Å². The first-order valence-electron chi connectivity index (χ1n) is 5.56. The predicted octanol–water partition coefficient (Wildman–Crippen LogP) is -0.0460. The Labute approximate surface area is 101 Å². The molecule has 0 radical (unpaired) electrons. The van der Waals surface area contributed by atoms with E-state index < -0.39 is 16.5 Å². The lowest BCUT2D eigenvalue weighted by molar-refractivity contribution is -0.419. The van der Waals surface area contributed by atoms with Crippen LogP contribution in [0.15, 0.2) is 23.9 Å². The normalized spacial score (nSPS) is 28.3. The Bertz CT molecular complexity index is 351. The zero-order valence-corrected chi connectivity index (χ0v) is 10.5. The predicted molar refractivity (Wildman–Crippen MR) is 67.2 cm³/mol. The molecule has 1 aliphatic carbocycles. The monoisotopic (exact) mass is 240 g/mol. The van der Waals surface area contributed by atoms with Crippen LogP contribution in [0.25, 0.3) is 0 Å². The van der Waals surface area contributed by atoms with E-state index >= 15 is 0 Å². The van der Waals surface area contributed by atoms with E-state index in [4.69, 9.17) is 5.73 Å². The molecular formula is C11H20N4O2. The van der Waals surface area contributed by atoms with Crippen molar-refractivity contribution in [1.82, 2.24) is 10.2 Å². The number of allylic oxidation sites excluding steroid dienone is 1. The molecule has 3 N–H and O–H groups in total. The van der Waals surface area contributed by atoms with Gasteiger partial charge in [0.1, 0.15) is 0 Å². The number of nitrogens with two attached hydrogens (primary N) is 1. The van der Waals surface area contributed by atoms with Crippen molar-refractivity contribution in [1.29, 1.82) is 0 Å². The lowest BCUT2D eigenvalue weighted by atomic mass is 9.83. The largest absolute Gasteiger partial charge is 0.322 e. The van der Waals surface area contributed by atoms with E-state index in [0.717, 1.165) is 13.0 Å². The number of hydrogen-bond donors (Lipinski definition) is 2. The van der Waals surface area contributed by atoms with Crippen molar-refractivity contribution in [3.05, 3.63) is 34.0 Å². The van der Waals surface area contributed by atoms with Crippen molar-refractivity contribution in [2.45, 2.75) is 18.0 Å². The minimum Gasteiger partial charge on any atom is -0.322 e. The zero-order valence-electron chi connectivity index (χ0n) is 10.5. The highest BCUT2D eigenvalue weighted by molar-refractivity contribution is 5.30. The summed E-state index contributed by atoms with van der Waals surface area (Å²) < 4.78 is 0. The molecule has 2 unspecified atom stereocenters. The molecule has 6 nitrogen and oxygen atoms in total. The number of rotatable bonds is 5. The first-order valence-corrected chi connectivity index (χ1v) is 5.56. The molecule has 2 atom stereocenters. The molecule has 0 saturated heterocycles. The number of nitro groups is 1. The van der Waals surface area contributed by atoms with Crippen LogP contribution < -0.4 is 11.1 Å². The van der Waals surface area contributed by atoms with Gasteiger partial charge < -0.3 is 16.0 Å². The van der Waals surface area contributed by atoms with Gasteiger partial charge in [-0.1, -0.05) is 6.08 Å². The van der Waals surface area contributed by atoms with Gasteiger partial charge in [-0.2, -0.15) is 0 Å². The summed E-state index contributed by atoms with van der Waals surface area (Å²) in [6, 6.07) is -0.391. The van der Waals surface area contributed by atoms with Crippen LogP contribution in [0.3, 0.4) is 0 Å². The van der Waals surface area contributed by atoms with Crippen LogP contribution in [0.4, 0.5) is 0 Å². The average molecular weight is 240 g/mol. The number of likely N-dealkylation sites (N-methyl/N-ethyl adjacent to an activating group) is 1. The van der Waals surface area contributed by atoms with Gasteiger partial charge in [-0.3, -0.25) is 10.1 Å². The number of nitrogens with zero attached hydrogens (tertiary/aromatic N) is 2. The summed E-state index contributed by atoms with van der Waals surface area (Å²) in [5.74, 6) is 0. The van der Waals surface area contributed by atoms with E-state index in [9.17, 15) is 10.1 Å². The Morgan fingerprint density at radius 1 is 1.65 bits per heavy atom. The van der Waals surface area contributed by atoms with Gasteiger partial charge in [-0.05, 0) is 34.1 Å². The molecule has 6 heteroatoms. The van der Waals surface area contributed by atoms with Crippen LogP contribution in [0.1, 0.15) is 6.42 Å². The fourth-order valence-corrected chi connectivity index (χ4v) is 1.89. The summed E-state index contributed by atoms with van der Waals surface area (Å²) in [6.45, 7) is 0.862. The van der Waals surface area contributed by atoms with Gasteiger partial charge in [-0.15, -0.1) is 0 Å². The van der Waals surface area contributed by atoms with Gasteiger partial charge in [-0.25, -0.2) is 0 Å². The molecule has 0 amide bonds. The van der Waals surface area contributed by atoms with Gasteiger partial charge in [0.25, 0.3) is 5.70 Å². The summed E-state index contributed by atoms with van der Waals surface area (Å²) >= 11 is 0. The van der Waals surface area contributed by atoms with Gasteiger partial charge in [0.05, 0.1) is 16.5 Å². The highest BCUT2D eigenvalue weighted by Gasteiger charge is 2.35. The van der Waals surface area contributed by atoms with E-state index in [2.05, 4.69) is 10.2 Å². The lowest BCUT2D eigenvalue weighted by Crippen LogP contribution is -2.57. The summed E-state index contributed by atoms with van der Waals surface area (Å²) in [5, 5.41) is 13.8. The molecule has 0 aromatic carbocycles. The molecule has 0 spiro atoms. The number of hydrogen-bond acceptors (Lipinski definition) is 5. The van der Waals surface area contributed by atoms with E-state index in [0.29, 0.717) is 0 Å². The third kappa shape index (κ3) is 3.12. The molecule has 0 heterocycles. The molecule has 0 aliphatic heterocycles. The summed E-state index contributed by atoms with van der Waals surface area (Å²) in [6.07, 6.45) is 5.64. The Kier molecular flexibility index (Phi) is 4.39. The second-order valence-corrected chi connectivity index (χ2v) is 4.55. The first-order chi connectivity index (χ1) is 7.91. The van der Waals surface area contributed by atoms with E-state index in [-0.39, 0.29) is 5.70 Å². The molecule has 96 valence electrons. The molecule has 0 aromatic heterocycles. The van der Waals surface area contributed by atoms with Crippen LogP contribution in [-0.4, -0.2) is 49.1 Å². The second kappa shape index (κ2) is 5.39. The third-order valence-electron chi connectivity index (χ3n) is 3.15. The minimum atomic E-state index is -0.415. The fourth-order valence-electron chi connectivity index (χ4n) is 1.89. The molecule has 0 fully saturated rings. The Hall–Kier alpha value is -1.24. The molecule has 0 bridgehead atoms. The SMILES string of the molecule is CNC1(CCN(C)C)C=CC([N+](=O)[O-])=CC1N. The van der Waals surface area contributed by atoms with Gasteiger partial charge in [0.2, 0.25) is 0 Å². The minimum absolute atomic E-state index is 0.0632. The molecule has 0 aromatic rings. The maximum atomic E-state index is 10.7. The van der Waals surface area contributed by atoms with Crippen molar-refractivity contribution in [2.75, 3.05) is 27.7 Å². The Morgan fingerprint density at radius 2 is 2.29 bits per heavy atom. The van der Waals surface area contributed by atoms with Crippen LogP contribution in [0, 0.1) is 10.1 Å². The second-order valence-electron chi connectivity index (χ2n) is 4.55. The maximum Gasteiger partial charge on any atom is 0.266 e. The maximum absolute atomic E-state index is 10.7. The third-order valence-corrected chi connectivity index (χ3v) is 3.15. The van der Waals surface area contributed by atoms with E-state index in [1.165, 1.54) is 12.2 Å². The van der Waals surface area contributed by atoms with E-state index in [1.807, 2.05) is 21.1 Å². The van der Waals surface area contributed by atoms with Crippen molar-refractivity contribution in [3.8, 4) is 0 Å². The zero-order chi connectivity index (χ0) is 13.1. The fraction of sp³-hybridized carbons (Fsp3) is 0.636. The molecule has 1 aliphatic rings. The topological polar surface area (TPSA) is 84.4 Å². The summed E-state index contributed by atoms with van der Waals surface area (Å²) in [4.78, 5) is 12.3. The highest BCUT2D eigenvalue weighted by atomic mass is 16.6. The van der Waals surface area contributed by atoms with Crippen LogP contribution in [0.2, 0.25) is 0 Å². The standard InChI is InChI=1S/C11H20N4O2/c1-13-11(6-7-14(2)3)5-4-9(15(16)17)8-10(11)12/h4-5,8,10,13H,6-7,12H2,1-3H3. The molecule has 1 rings (SSSR count). The van der Waals surface area contributed by atoms with Crippen molar-refractivity contribution < 1.29 is 4.92 Å². The van der Waals surface area contributed by atoms with Crippen molar-refractivity contribution in [3.63, 3.8) is 0 Å². The van der Waals surface area contributed by atoms with Crippen LogP contribution >= 0.6 is 0 Å². The Morgan fingerprint density at radius 3 is 2.71 bits per heavy atom. The average Bonchev–Trinajstić information content (AvgIpc) is 2.27. The quantitative estimate of drug-likeness (QED) is 0.520. The van der Waals surface area contributed by atoms with Gasteiger partial charge >= 0.3 is 0 Å². The van der Waals surface area contributed by atoms with Crippen LogP contribution in [0.5, 0.6) is 0 Å². The summed E-state index contributed by atoms with van der Waals surface area (Å²) in [5.41, 5.74) is 5.69. The van der Waals surface area contributed by atoms with Crippen molar-refractivity contribution in [2.24, 2.45) is 5.73 Å². The Balaban J connectivity index is 2.83. The number of nitrogens with one attached hydrogen (secondary N) is 1. The highest BCUT2D eigenvalue weighted by Crippen LogP contribution is 2.23.